The molecule has 0 aromatic rings. The Balaban J connectivity index is 4.05. The Morgan fingerprint density at radius 2 is 1.93 bits per heavy atom. The van der Waals surface area contributed by atoms with Crippen LogP contribution >= 0.6 is 0 Å². The second-order valence-corrected chi connectivity index (χ2v) is 4.38. The Hall–Kier alpha value is -1.06. The highest BCUT2D eigenvalue weighted by Gasteiger charge is 2.28. The Morgan fingerprint density at radius 3 is 2.33 bits per heavy atom. The Labute approximate surface area is 90.6 Å². The summed E-state index contributed by atoms with van der Waals surface area (Å²) in [5, 5.41) is 8.88. The van der Waals surface area contributed by atoms with E-state index in [2.05, 4.69) is 0 Å². The van der Waals surface area contributed by atoms with Gasteiger partial charge in [0, 0.05) is 0 Å². The maximum absolute atomic E-state index is 11.3. The first-order chi connectivity index (χ1) is 6.81. The minimum Gasteiger partial charge on any atom is -0.481 e. The average molecular weight is 216 g/mol. The van der Waals surface area contributed by atoms with E-state index < -0.39 is 11.4 Å². The third-order valence-electron chi connectivity index (χ3n) is 2.47. The first kappa shape index (κ1) is 13.9. The van der Waals surface area contributed by atoms with Crippen molar-refractivity contribution in [2.45, 2.75) is 40.5 Å². The molecule has 4 nitrogen and oxygen atoms in total. The summed E-state index contributed by atoms with van der Waals surface area (Å²) in [6, 6.07) is 0. The number of esters is 1. The smallest absolute Gasteiger partial charge is 0.309 e. The molecule has 88 valence electrons. The van der Waals surface area contributed by atoms with Crippen LogP contribution in [0.1, 0.15) is 40.5 Å². The highest BCUT2D eigenvalue weighted by atomic mass is 16.5. The Morgan fingerprint density at radius 1 is 1.40 bits per heavy atom. The van der Waals surface area contributed by atoms with E-state index in [1.807, 2.05) is 0 Å². The van der Waals surface area contributed by atoms with Gasteiger partial charge in [0.05, 0.1) is 17.9 Å². The molecule has 0 heterocycles. The summed E-state index contributed by atoms with van der Waals surface area (Å²) in [6.45, 7) is 7.20. The number of ether oxygens (including phenoxy) is 1. The molecule has 1 N–H and O–H groups in total. The van der Waals surface area contributed by atoms with Crippen LogP contribution in [0.25, 0.3) is 0 Å². The highest BCUT2D eigenvalue weighted by Crippen LogP contribution is 2.25. The second kappa shape index (κ2) is 5.73. The molecule has 0 rings (SSSR count). The standard InChI is InChI=1S/C11H20O4/c1-5-15-9(12)8(2)6-7-11(3,4)10(13)14/h8H,5-7H2,1-4H3,(H,13,14). The fraction of sp³-hybridized carbons (Fsp3) is 0.818. The summed E-state index contributed by atoms with van der Waals surface area (Å²) in [5.41, 5.74) is -0.777. The number of carboxylic acid groups (broad SMARTS) is 1. The van der Waals surface area contributed by atoms with Crippen molar-refractivity contribution in [3.63, 3.8) is 0 Å². The van der Waals surface area contributed by atoms with Crippen molar-refractivity contribution in [2.75, 3.05) is 6.61 Å². The zero-order chi connectivity index (χ0) is 12.1. The number of carbonyl (C=O) groups is 2. The van der Waals surface area contributed by atoms with Crippen LogP contribution in [0, 0.1) is 11.3 Å². The molecule has 0 bridgehead atoms. The van der Waals surface area contributed by atoms with E-state index in [1.54, 1.807) is 27.7 Å². The van der Waals surface area contributed by atoms with Gasteiger partial charge in [0.2, 0.25) is 0 Å². The number of rotatable bonds is 6. The lowest BCUT2D eigenvalue weighted by Gasteiger charge is -2.20. The van der Waals surface area contributed by atoms with Gasteiger partial charge in [-0.1, -0.05) is 6.92 Å². The van der Waals surface area contributed by atoms with Crippen molar-refractivity contribution in [2.24, 2.45) is 11.3 Å². The van der Waals surface area contributed by atoms with Gasteiger partial charge in [-0.15, -0.1) is 0 Å². The first-order valence-corrected chi connectivity index (χ1v) is 5.21. The summed E-state index contributed by atoms with van der Waals surface area (Å²) < 4.78 is 4.84. The van der Waals surface area contributed by atoms with E-state index in [-0.39, 0.29) is 11.9 Å². The van der Waals surface area contributed by atoms with Crippen LogP contribution in [0.4, 0.5) is 0 Å². The van der Waals surface area contributed by atoms with Gasteiger partial charge in [0.25, 0.3) is 0 Å². The molecule has 15 heavy (non-hydrogen) atoms. The Bertz CT molecular complexity index is 233. The van der Waals surface area contributed by atoms with Gasteiger partial charge >= 0.3 is 11.9 Å². The van der Waals surface area contributed by atoms with Crippen LogP contribution < -0.4 is 0 Å². The molecular weight excluding hydrogens is 196 g/mol. The van der Waals surface area contributed by atoms with Crippen LogP contribution in [0.5, 0.6) is 0 Å². The minimum absolute atomic E-state index is 0.233. The predicted octanol–water partition coefficient (Wildman–Crippen LogP) is 2.08. The van der Waals surface area contributed by atoms with Crippen molar-refractivity contribution >= 4 is 11.9 Å². The van der Waals surface area contributed by atoms with Crippen LogP contribution in [-0.2, 0) is 14.3 Å². The van der Waals surface area contributed by atoms with E-state index in [4.69, 9.17) is 9.84 Å². The van der Waals surface area contributed by atoms with E-state index in [0.29, 0.717) is 19.4 Å². The third kappa shape index (κ3) is 4.81. The molecule has 0 radical (unpaired) electrons. The lowest BCUT2D eigenvalue weighted by atomic mass is 9.85. The molecule has 0 saturated carbocycles. The maximum atomic E-state index is 11.3. The van der Waals surface area contributed by atoms with E-state index in [1.165, 1.54) is 0 Å². The molecule has 0 amide bonds. The largest absolute Gasteiger partial charge is 0.481 e. The lowest BCUT2D eigenvalue weighted by Crippen LogP contribution is -2.25. The minimum atomic E-state index is -0.835. The van der Waals surface area contributed by atoms with Gasteiger partial charge in [-0.2, -0.15) is 0 Å². The molecule has 0 saturated heterocycles. The average Bonchev–Trinajstić information content (AvgIpc) is 2.14. The Kier molecular flexibility index (Phi) is 5.33. The van der Waals surface area contributed by atoms with Crippen LogP contribution in [-0.4, -0.2) is 23.7 Å². The van der Waals surface area contributed by atoms with E-state index >= 15 is 0 Å². The van der Waals surface area contributed by atoms with E-state index in [9.17, 15) is 9.59 Å². The molecule has 0 spiro atoms. The quantitative estimate of drug-likeness (QED) is 0.690. The number of hydrogen-bond donors (Lipinski definition) is 1. The maximum Gasteiger partial charge on any atom is 0.309 e. The molecule has 0 aliphatic rings. The third-order valence-corrected chi connectivity index (χ3v) is 2.47. The SMILES string of the molecule is CCOC(=O)C(C)CCC(C)(C)C(=O)O. The lowest BCUT2D eigenvalue weighted by molar-refractivity contribution is -0.151. The molecule has 4 heteroatoms. The van der Waals surface area contributed by atoms with Crippen molar-refractivity contribution in [1.29, 1.82) is 0 Å². The predicted molar refractivity (Wildman–Crippen MR) is 56.4 cm³/mol. The van der Waals surface area contributed by atoms with Crippen LogP contribution in [0.2, 0.25) is 0 Å². The summed E-state index contributed by atoms with van der Waals surface area (Å²) in [7, 11) is 0. The first-order valence-electron chi connectivity index (χ1n) is 5.21. The summed E-state index contributed by atoms with van der Waals surface area (Å²) in [4.78, 5) is 22.1. The van der Waals surface area contributed by atoms with Crippen LogP contribution in [0.3, 0.4) is 0 Å². The zero-order valence-corrected chi connectivity index (χ0v) is 9.87. The normalized spacial score (nSPS) is 13.3. The van der Waals surface area contributed by atoms with Crippen LogP contribution in [0.15, 0.2) is 0 Å². The molecule has 0 aromatic heterocycles. The van der Waals surface area contributed by atoms with Gasteiger partial charge in [-0.3, -0.25) is 9.59 Å². The molecule has 0 fully saturated rings. The fourth-order valence-corrected chi connectivity index (χ4v) is 1.09. The van der Waals surface area contributed by atoms with Gasteiger partial charge in [0.15, 0.2) is 0 Å². The zero-order valence-electron chi connectivity index (χ0n) is 9.87. The van der Waals surface area contributed by atoms with Gasteiger partial charge < -0.3 is 9.84 Å². The van der Waals surface area contributed by atoms with Crippen molar-refractivity contribution in [3.05, 3.63) is 0 Å². The number of hydrogen-bond acceptors (Lipinski definition) is 3. The highest BCUT2D eigenvalue weighted by molar-refractivity contribution is 5.74. The molecule has 1 unspecified atom stereocenters. The summed E-state index contributed by atoms with van der Waals surface area (Å²) >= 11 is 0. The molecule has 0 aliphatic carbocycles. The number of aliphatic carboxylic acids is 1. The summed E-state index contributed by atoms with van der Waals surface area (Å²) in [6.07, 6.45) is 1.01. The molecule has 0 aromatic carbocycles. The van der Waals surface area contributed by atoms with Gasteiger partial charge in [-0.25, -0.2) is 0 Å². The van der Waals surface area contributed by atoms with Gasteiger partial charge in [-0.05, 0) is 33.6 Å². The molecular formula is C11H20O4. The van der Waals surface area contributed by atoms with Gasteiger partial charge in [0.1, 0.15) is 0 Å². The van der Waals surface area contributed by atoms with Crippen molar-refractivity contribution in [1.82, 2.24) is 0 Å². The second-order valence-electron chi connectivity index (χ2n) is 4.38. The van der Waals surface area contributed by atoms with Crippen molar-refractivity contribution < 1.29 is 19.4 Å². The summed E-state index contributed by atoms with van der Waals surface area (Å²) in [5.74, 6) is -1.32. The number of carboxylic acids is 1. The topological polar surface area (TPSA) is 63.6 Å². The molecule has 0 aliphatic heterocycles. The molecule has 1 atom stereocenters. The van der Waals surface area contributed by atoms with Crippen molar-refractivity contribution in [3.8, 4) is 0 Å². The fourth-order valence-electron chi connectivity index (χ4n) is 1.09. The number of carbonyl (C=O) groups excluding carboxylic acids is 1. The monoisotopic (exact) mass is 216 g/mol. The van der Waals surface area contributed by atoms with E-state index in [0.717, 1.165) is 0 Å².